The first kappa shape index (κ1) is 9.61. The Kier molecular flexibility index (Phi) is 4.72. The van der Waals surface area contributed by atoms with Crippen LogP contribution in [0.1, 0.15) is 0 Å². The van der Waals surface area contributed by atoms with Gasteiger partial charge in [0.1, 0.15) is 6.67 Å². The Hall–Kier alpha value is -1.39. The van der Waals surface area contributed by atoms with E-state index in [1.54, 1.807) is 0 Å². The summed E-state index contributed by atoms with van der Waals surface area (Å²) in [5.74, 6) is -1.81. The van der Waals surface area contributed by atoms with Gasteiger partial charge in [0.25, 0.3) is 0 Å². The summed E-state index contributed by atoms with van der Waals surface area (Å²) < 4.78 is 11.4. The zero-order chi connectivity index (χ0) is 8.69. The minimum Gasteiger partial charge on any atom is -0.478 e. The van der Waals surface area contributed by atoms with Gasteiger partial charge in [0.2, 0.25) is 5.91 Å². The standard InChI is InChI=1S/C6H8FNO3/c7-3-4-8-5(9)1-2-6(10)11/h1-2H,3-4H2,(H,8,9)(H,10,11)/b2-1+. The molecule has 0 atom stereocenters. The number of alkyl halides is 1. The second-order valence-corrected chi connectivity index (χ2v) is 1.65. The third kappa shape index (κ3) is 6.50. The molecule has 0 saturated heterocycles. The molecular formula is C6H8FNO3. The predicted molar refractivity (Wildman–Crippen MR) is 35.8 cm³/mol. The first-order valence-corrected chi connectivity index (χ1v) is 2.91. The molecule has 2 N–H and O–H groups in total. The van der Waals surface area contributed by atoms with Gasteiger partial charge in [0, 0.05) is 18.7 Å². The largest absolute Gasteiger partial charge is 0.478 e. The van der Waals surface area contributed by atoms with Gasteiger partial charge in [0.15, 0.2) is 0 Å². The Balaban J connectivity index is 3.60. The average molecular weight is 161 g/mol. The fourth-order valence-corrected chi connectivity index (χ4v) is 0.376. The monoisotopic (exact) mass is 161 g/mol. The Morgan fingerprint density at radius 1 is 1.45 bits per heavy atom. The number of amides is 1. The molecule has 0 aromatic carbocycles. The molecule has 0 spiro atoms. The van der Waals surface area contributed by atoms with Crippen molar-refractivity contribution in [2.24, 2.45) is 0 Å². The minimum atomic E-state index is -1.21. The molecule has 0 aromatic rings. The van der Waals surface area contributed by atoms with Crippen molar-refractivity contribution in [3.63, 3.8) is 0 Å². The van der Waals surface area contributed by atoms with Crippen molar-refractivity contribution in [3.05, 3.63) is 12.2 Å². The van der Waals surface area contributed by atoms with Gasteiger partial charge in [-0.3, -0.25) is 4.79 Å². The Morgan fingerprint density at radius 2 is 2.09 bits per heavy atom. The van der Waals surface area contributed by atoms with Crippen molar-refractivity contribution in [2.75, 3.05) is 13.2 Å². The Bertz CT molecular complexity index is 179. The fraction of sp³-hybridized carbons (Fsp3) is 0.333. The highest BCUT2D eigenvalue weighted by atomic mass is 19.1. The highest BCUT2D eigenvalue weighted by Gasteiger charge is 1.94. The molecule has 0 heterocycles. The van der Waals surface area contributed by atoms with E-state index < -0.39 is 18.6 Å². The molecule has 0 aliphatic carbocycles. The van der Waals surface area contributed by atoms with Crippen LogP contribution in [-0.4, -0.2) is 30.2 Å². The van der Waals surface area contributed by atoms with E-state index in [-0.39, 0.29) is 6.54 Å². The highest BCUT2D eigenvalue weighted by Crippen LogP contribution is 1.74. The molecule has 0 aliphatic heterocycles. The first-order chi connectivity index (χ1) is 5.16. The molecule has 0 unspecified atom stereocenters. The maximum atomic E-state index is 11.4. The van der Waals surface area contributed by atoms with Crippen molar-refractivity contribution >= 4 is 11.9 Å². The number of hydrogen-bond acceptors (Lipinski definition) is 2. The van der Waals surface area contributed by atoms with Crippen LogP contribution in [0.3, 0.4) is 0 Å². The maximum absolute atomic E-state index is 11.4. The van der Waals surface area contributed by atoms with Crippen molar-refractivity contribution in [1.82, 2.24) is 5.32 Å². The lowest BCUT2D eigenvalue weighted by Gasteiger charge is -1.94. The van der Waals surface area contributed by atoms with E-state index in [1.165, 1.54) is 0 Å². The lowest BCUT2D eigenvalue weighted by molar-refractivity contribution is -0.131. The van der Waals surface area contributed by atoms with E-state index in [4.69, 9.17) is 5.11 Å². The number of hydrogen-bond donors (Lipinski definition) is 2. The molecule has 0 aliphatic rings. The summed E-state index contributed by atoms with van der Waals surface area (Å²) in [5, 5.41) is 10.2. The molecule has 0 saturated carbocycles. The predicted octanol–water partition coefficient (Wildman–Crippen LogP) is -0.287. The minimum absolute atomic E-state index is 0.0945. The van der Waals surface area contributed by atoms with E-state index in [9.17, 15) is 14.0 Å². The summed E-state index contributed by atoms with van der Waals surface area (Å²) in [7, 11) is 0. The van der Waals surface area contributed by atoms with Crippen LogP contribution in [0.25, 0.3) is 0 Å². The van der Waals surface area contributed by atoms with Gasteiger partial charge >= 0.3 is 5.97 Å². The van der Waals surface area contributed by atoms with Gasteiger partial charge in [-0.2, -0.15) is 0 Å². The van der Waals surface area contributed by atoms with Crippen LogP contribution in [0.5, 0.6) is 0 Å². The number of aliphatic carboxylic acids is 1. The third-order valence-corrected chi connectivity index (χ3v) is 0.771. The molecule has 11 heavy (non-hydrogen) atoms. The van der Waals surface area contributed by atoms with Gasteiger partial charge < -0.3 is 10.4 Å². The lowest BCUT2D eigenvalue weighted by atomic mass is 10.4. The van der Waals surface area contributed by atoms with Gasteiger partial charge in [-0.15, -0.1) is 0 Å². The maximum Gasteiger partial charge on any atom is 0.328 e. The second kappa shape index (κ2) is 5.40. The number of carboxylic acids is 1. The van der Waals surface area contributed by atoms with Crippen molar-refractivity contribution in [3.8, 4) is 0 Å². The van der Waals surface area contributed by atoms with Gasteiger partial charge in [-0.05, 0) is 0 Å². The molecule has 0 radical (unpaired) electrons. The number of carboxylic acid groups (broad SMARTS) is 1. The summed E-state index contributed by atoms with van der Waals surface area (Å²) in [4.78, 5) is 20.3. The van der Waals surface area contributed by atoms with Crippen LogP contribution in [0, 0.1) is 0 Å². The van der Waals surface area contributed by atoms with Gasteiger partial charge in [0.05, 0.1) is 0 Å². The third-order valence-electron chi connectivity index (χ3n) is 0.771. The molecule has 0 aromatic heterocycles. The number of carbonyl (C=O) groups excluding carboxylic acids is 1. The summed E-state index contributed by atoms with van der Waals surface area (Å²) in [6.07, 6.45) is 1.52. The van der Waals surface area contributed by atoms with Crippen LogP contribution in [-0.2, 0) is 9.59 Å². The van der Waals surface area contributed by atoms with Crippen molar-refractivity contribution in [1.29, 1.82) is 0 Å². The molecule has 1 amide bonds. The molecular weight excluding hydrogens is 153 g/mol. The Morgan fingerprint density at radius 3 is 2.55 bits per heavy atom. The van der Waals surface area contributed by atoms with Crippen molar-refractivity contribution in [2.45, 2.75) is 0 Å². The fourth-order valence-electron chi connectivity index (χ4n) is 0.376. The molecule has 0 bridgehead atoms. The average Bonchev–Trinajstić information content (AvgIpc) is 1.97. The smallest absolute Gasteiger partial charge is 0.328 e. The van der Waals surface area contributed by atoms with E-state index in [0.717, 1.165) is 6.08 Å². The quantitative estimate of drug-likeness (QED) is 0.557. The van der Waals surface area contributed by atoms with E-state index >= 15 is 0 Å². The van der Waals surface area contributed by atoms with Crippen LogP contribution < -0.4 is 5.32 Å². The van der Waals surface area contributed by atoms with E-state index in [1.807, 2.05) is 0 Å². The molecule has 0 rings (SSSR count). The first-order valence-electron chi connectivity index (χ1n) is 2.91. The summed E-state index contributed by atoms with van der Waals surface area (Å²) in [6, 6.07) is 0. The van der Waals surface area contributed by atoms with Crippen LogP contribution in [0.4, 0.5) is 4.39 Å². The number of carbonyl (C=O) groups is 2. The molecule has 5 heteroatoms. The van der Waals surface area contributed by atoms with Crippen molar-refractivity contribution < 1.29 is 19.1 Å². The lowest BCUT2D eigenvalue weighted by Crippen LogP contribution is -2.23. The van der Waals surface area contributed by atoms with E-state index in [2.05, 4.69) is 5.32 Å². The number of halogens is 1. The SMILES string of the molecule is O=C(O)/C=C/C(=O)NCCF. The van der Waals surface area contributed by atoms with Gasteiger partial charge in [-0.1, -0.05) is 0 Å². The van der Waals surface area contributed by atoms with Crippen LogP contribution in [0.2, 0.25) is 0 Å². The molecule has 4 nitrogen and oxygen atoms in total. The summed E-state index contributed by atoms with van der Waals surface area (Å²) >= 11 is 0. The van der Waals surface area contributed by atoms with Gasteiger partial charge in [-0.25, -0.2) is 9.18 Å². The van der Waals surface area contributed by atoms with Crippen LogP contribution >= 0.6 is 0 Å². The summed E-state index contributed by atoms with van der Waals surface area (Å²) in [6.45, 7) is -0.755. The zero-order valence-corrected chi connectivity index (χ0v) is 5.71. The molecule has 0 fully saturated rings. The highest BCUT2D eigenvalue weighted by molar-refractivity contribution is 5.93. The number of nitrogens with one attached hydrogen (secondary N) is 1. The van der Waals surface area contributed by atoms with E-state index in [0.29, 0.717) is 6.08 Å². The topological polar surface area (TPSA) is 66.4 Å². The second-order valence-electron chi connectivity index (χ2n) is 1.65. The summed E-state index contributed by atoms with van der Waals surface area (Å²) in [5.41, 5.74) is 0. The normalized spacial score (nSPS) is 9.91. The number of rotatable bonds is 4. The van der Waals surface area contributed by atoms with Crippen LogP contribution in [0.15, 0.2) is 12.2 Å². The molecule has 62 valence electrons. The zero-order valence-electron chi connectivity index (χ0n) is 5.71. The Labute approximate surface area is 62.7 Å².